The molecule has 1 fully saturated rings. The lowest BCUT2D eigenvalue weighted by atomic mass is 9.97. The van der Waals surface area contributed by atoms with E-state index in [1.54, 1.807) is 29.7 Å². The molecule has 0 saturated carbocycles. The van der Waals surface area contributed by atoms with Gasteiger partial charge in [0.2, 0.25) is 5.91 Å². The number of benzene rings is 1. The number of nitrogens with one attached hydrogen (secondary N) is 1. The van der Waals surface area contributed by atoms with Crippen LogP contribution < -0.4 is 10.2 Å². The van der Waals surface area contributed by atoms with Crippen LogP contribution in [-0.2, 0) is 4.79 Å². The fraction of sp³-hybridized carbons (Fsp3) is 0.300. The van der Waals surface area contributed by atoms with Crippen LogP contribution in [0.25, 0.3) is 16.3 Å². The van der Waals surface area contributed by atoms with Crippen LogP contribution in [0.1, 0.15) is 18.6 Å². The van der Waals surface area contributed by atoms with E-state index in [2.05, 4.69) is 28.4 Å². The minimum atomic E-state index is -0.0741. The van der Waals surface area contributed by atoms with Crippen molar-refractivity contribution in [3.8, 4) is 0 Å². The van der Waals surface area contributed by atoms with E-state index in [9.17, 15) is 4.79 Å². The van der Waals surface area contributed by atoms with Crippen molar-refractivity contribution in [2.75, 3.05) is 24.5 Å². The SMILES string of the molecule is O=C(/C=C/c1ccco1)NCC1CCN(c2nc3ccccc3s2)CC1. The molecular formula is C20H21N3O2S. The van der Waals surface area contributed by atoms with Crippen LogP contribution >= 0.6 is 11.3 Å². The Morgan fingerprint density at radius 1 is 1.27 bits per heavy atom. The van der Waals surface area contributed by atoms with Crippen LogP contribution in [0.3, 0.4) is 0 Å². The zero-order chi connectivity index (χ0) is 17.8. The first kappa shape index (κ1) is 16.8. The predicted molar refractivity (Wildman–Crippen MR) is 105 cm³/mol. The van der Waals surface area contributed by atoms with E-state index in [-0.39, 0.29) is 5.91 Å². The molecule has 26 heavy (non-hydrogen) atoms. The number of furan rings is 1. The first-order valence-corrected chi connectivity index (χ1v) is 9.69. The number of hydrogen-bond acceptors (Lipinski definition) is 5. The summed E-state index contributed by atoms with van der Waals surface area (Å²) >= 11 is 1.76. The number of anilines is 1. The molecule has 6 heteroatoms. The van der Waals surface area contributed by atoms with Crippen LogP contribution in [0.15, 0.2) is 53.2 Å². The molecule has 2 aromatic heterocycles. The van der Waals surface area contributed by atoms with E-state index in [0.717, 1.165) is 43.1 Å². The van der Waals surface area contributed by atoms with Gasteiger partial charge in [-0.3, -0.25) is 4.79 Å². The molecule has 134 valence electrons. The second kappa shape index (κ2) is 7.74. The summed E-state index contributed by atoms with van der Waals surface area (Å²) < 4.78 is 6.41. The Hall–Kier alpha value is -2.60. The van der Waals surface area contributed by atoms with Gasteiger partial charge >= 0.3 is 0 Å². The summed E-state index contributed by atoms with van der Waals surface area (Å²) in [4.78, 5) is 19.0. The van der Waals surface area contributed by atoms with Gasteiger partial charge in [-0.25, -0.2) is 4.98 Å². The predicted octanol–water partition coefficient (Wildman–Crippen LogP) is 3.94. The topological polar surface area (TPSA) is 58.4 Å². The molecule has 1 saturated heterocycles. The smallest absolute Gasteiger partial charge is 0.244 e. The molecule has 0 radical (unpaired) electrons. The number of rotatable bonds is 5. The van der Waals surface area contributed by atoms with Gasteiger partial charge in [-0.1, -0.05) is 23.5 Å². The third-order valence-corrected chi connectivity index (χ3v) is 5.77. The van der Waals surface area contributed by atoms with Crippen molar-refractivity contribution < 1.29 is 9.21 Å². The van der Waals surface area contributed by atoms with Crippen molar-refractivity contribution in [1.29, 1.82) is 0 Å². The second-order valence-electron chi connectivity index (χ2n) is 6.49. The number of fused-ring (bicyclic) bond motifs is 1. The molecule has 0 spiro atoms. The van der Waals surface area contributed by atoms with Gasteiger partial charge < -0.3 is 14.6 Å². The summed E-state index contributed by atoms with van der Waals surface area (Å²) in [5.41, 5.74) is 1.07. The zero-order valence-electron chi connectivity index (χ0n) is 14.4. The largest absolute Gasteiger partial charge is 0.465 e. The first-order valence-electron chi connectivity index (χ1n) is 8.88. The summed E-state index contributed by atoms with van der Waals surface area (Å²) in [6.45, 7) is 2.69. The van der Waals surface area contributed by atoms with Gasteiger partial charge in [0, 0.05) is 25.7 Å². The number of nitrogens with zero attached hydrogens (tertiary/aromatic N) is 2. The number of carbonyl (C=O) groups is 1. The second-order valence-corrected chi connectivity index (χ2v) is 7.50. The Kier molecular flexibility index (Phi) is 5.02. The highest BCUT2D eigenvalue weighted by Gasteiger charge is 2.21. The summed E-state index contributed by atoms with van der Waals surface area (Å²) in [5.74, 6) is 1.13. The van der Waals surface area contributed by atoms with Crippen LogP contribution in [-0.4, -0.2) is 30.5 Å². The summed E-state index contributed by atoms with van der Waals surface area (Å²) in [6, 6.07) is 11.9. The number of piperidine rings is 1. The lowest BCUT2D eigenvalue weighted by molar-refractivity contribution is -0.116. The molecule has 5 nitrogen and oxygen atoms in total. The molecule has 1 aromatic carbocycles. The highest BCUT2D eigenvalue weighted by Crippen LogP contribution is 2.31. The molecule has 3 heterocycles. The summed E-state index contributed by atoms with van der Waals surface area (Å²) in [6.07, 6.45) is 6.94. The average Bonchev–Trinajstić information content (AvgIpc) is 3.34. The molecule has 4 rings (SSSR count). The van der Waals surface area contributed by atoms with E-state index in [4.69, 9.17) is 9.40 Å². The van der Waals surface area contributed by atoms with Crippen LogP contribution in [0, 0.1) is 5.92 Å². The normalized spacial score (nSPS) is 15.8. The molecule has 0 aliphatic carbocycles. The van der Waals surface area contributed by atoms with Crippen molar-refractivity contribution in [2.45, 2.75) is 12.8 Å². The van der Waals surface area contributed by atoms with Crippen molar-refractivity contribution >= 4 is 38.7 Å². The lowest BCUT2D eigenvalue weighted by Gasteiger charge is -2.31. The van der Waals surface area contributed by atoms with Crippen LogP contribution in [0.2, 0.25) is 0 Å². The molecule has 1 aliphatic rings. The molecule has 0 atom stereocenters. The Labute approximate surface area is 156 Å². The summed E-state index contributed by atoms with van der Waals surface area (Å²) in [7, 11) is 0. The van der Waals surface area contributed by atoms with Gasteiger partial charge in [0.25, 0.3) is 0 Å². The molecule has 1 N–H and O–H groups in total. The van der Waals surface area contributed by atoms with Crippen molar-refractivity contribution in [3.63, 3.8) is 0 Å². The Bertz CT molecular complexity index is 860. The molecule has 1 amide bonds. The van der Waals surface area contributed by atoms with Gasteiger partial charge in [0.1, 0.15) is 5.76 Å². The lowest BCUT2D eigenvalue weighted by Crippen LogP contribution is -2.38. The van der Waals surface area contributed by atoms with Gasteiger partial charge in [-0.15, -0.1) is 0 Å². The minimum Gasteiger partial charge on any atom is -0.465 e. The quantitative estimate of drug-likeness (QED) is 0.694. The zero-order valence-corrected chi connectivity index (χ0v) is 15.2. The average molecular weight is 367 g/mol. The number of hydrogen-bond donors (Lipinski definition) is 1. The first-order chi connectivity index (χ1) is 12.8. The van der Waals surface area contributed by atoms with Crippen molar-refractivity contribution in [3.05, 3.63) is 54.5 Å². The van der Waals surface area contributed by atoms with Crippen LogP contribution in [0.5, 0.6) is 0 Å². The highest BCUT2D eigenvalue weighted by atomic mass is 32.1. The maximum Gasteiger partial charge on any atom is 0.244 e. The highest BCUT2D eigenvalue weighted by molar-refractivity contribution is 7.22. The summed E-state index contributed by atoms with van der Waals surface area (Å²) in [5, 5.41) is 4.10. The maximum atomic E-state index is 11.9. The number of para-hydroxylation sites is 1. The number of thiazole rings is 1. The van der Waals surface area contributed by atoms with E-state index >= 15 is 0 Å². The third kappa shape index (κ3) is 3.96. The maximum absolute atomic E-state index is 11.9. The Balaban J connectivity index is 1.25. The minimum absolute atomic E-state index is 0.0741. The fourth-order valence-corrected chi connectivity index (χ4v) is 4.19. The molecular weight excluding hydrogens is 346 g/mol. The standard InChI is InChI=1S/C20H21N3O2S/c24-19(8-7-16-4-3-13-25-16)21-14-15-9-11-23(12-10-15)20-22-17-5-1-2-6-18(17)26-20/h1-8,13,15H,9-12,14H2,(H,21,24)/b8-7+. The number of carbonyl (C=O) groups excluding carboxylic acids is 1. The Morgan fingerprint density at radius 2 is 2.12 bits per heavy atom. The molecule has 1 aliphatic heterocycles. The van der Waals surface area contributed by atoms with Gasteiger partial charge in [0.15, 0.2) is 5.13 Å². The third-order valence-electron chi connectivity index (χ3n) is 4.67. The van der Waals surface area contributed by atoms with Gasteiger partial charge in [-0.05, 0) is 49.1 Å². The molecule has 0 bridgehead atoms. The van der Waals surface area contributed by atoms with E-state index in [0.29, 0.717) is 11.7 Å². The Morgan fingerprint density at radius 3 is 2.88 bits per heavy atom. The molecule has 3 aromatic rings. The fourth-order valence-electron chi connectivity index (χ4n) is 3.17. The number of aromatic nitrogens is 1. The van der Waals surface area contributed by atoms with Gasteiger partial charge in [0.05, 0.1) is 16.5 Å². The van der Waals surface area contributed by atoms with Crippen molar-refractivity contribution in [1.82, 2.24) is 10.3 Å². The van der Waals surface area contributed by atoms with Gasteiger partial charge in [-0.2, -0.15) is 0 Å². The monoisotopic (exact) mass is 367 g/mol. The van der Waals surface area contributed by atoms with E-state index in [1.165, 1.54) is 10.8 Å². The molecule has 0 unspecified atom stereocenters. The number of amides is 1. The van der Waals surface area contributed by atoms with E-state index < -0.39 is 0 Å². The van der Waals surface area contributed by atoms with Crippen LogP contribution in [0.4, 0.5) is 5.13 Å². The van der Waals surface area contributed by atoms with Crippen molar-refractivity contribution in [2.24, 2.45) is 5.92 Å². The van der Waals surface area contributed by atoms with E-state index in [1.807, 2.05) is 12.1 Å².